The maximum Gasteiger partial charge on any atom is 0.118 e. The average Bonchev–Trinajstić information content (AvgIpc) is 2.47. The van der Waals surface area contributed by atoms with Gasteiger partial charge in [0.15, 0.2) is 0 Å². The largest absolute Gasteiger partial charge is 0.497 e. The van der Waals surface area contributed by atoms with Crippen molar-refractivity contribution in [3.05, 3.63) is 29.8 Å². The van der Waals surface area contributed by atoms with Gasteiger partial charge in [0.05, 0.1) is 12.6 Å². The molecule has 1 rings (SSSR count). The zero-order valence-corrected chi connectivity index (χ0v) is 13.8. The van der Waals surface area contributed by atoms with Gasteiger partial charge in [-0.1, -0.05) is 39.8 Å². The van der Waals surface area contributed by atoms with Gasteiger partial charge in [0, 0.05) is 6.04 Å². The highest BCUT2D eigenvalue weighted by Gasteiger charge is 2.39. The van der Waals surface area contributed by atoms with Gasteiger partial charge in [-0.3, -0.25) is 4.90 Å². The van der Waals surface area contributed by atoms with Crippen molar-refractivity contribution >= 4 is 0 Å². The number of rotatable bonds is 7. The molecular formula is C17H30N2O. The van der Waals surface area contributed by atoms with Crippen LogP contribution in [0, 0.1) is 5.92 Å². The zero-order chi connectivity index (χ0) is 15.3. The molecule has 0 fully saturated rings. The van der Waals surface area contributed by atoms with Gasteiger partial charge in [-0.15, -0.1) is 0 Å². The van der Waals surface area contributed by atoms with E-state index >= 15 is 0 Å². The van der Waals surface area contributed by atoms with E-state index in [-0.39, 0.29) is 11.6 Å². The molecule has 3 heteroatoms. The molecule has 1 aromatic carbocycles. The molecule has 0 heterocycles. The fourth-order valence-corrected chi connectivity index (χ4v) is 3.01. The number of nitrogens with zero attached hydrogens (tertiary/aromatic N) is 1. The van der Waals surface area contributed by atoms with Gasteiger partial charge in [-0.05, 0) is 43.6 Å². The van der Waals surface area contributed by atoms with Gasteiger partial charge in [0.25, 0.3) is 0 Å². The Morgan fingerprint density at radius 3 is 1.95 bits per heavy atom. The summed E-state index contributed by atoms with van der Waals surface area (Å²) in [6, 6.07) is 8.46. The molecule has 0 saturated carbocycles. The van der Waals surface area contributed by atoms with E-state index in [1.807, 2.05) is 12.1 Å². The molecule has 114 valence electrons. The summed E-state index contributed by atoms with van der Waals surface area (Å²) < 4.78 is 5.24. The van der Waals surface area contributed by atoms with Crippen molar-refractivity contribution in [3.8, 4) is 5.75 Å². The van der Waals surface area contributed by atoms with E-state index in [9.17, 15) is 0 Å². The Bertz CT molecular complexity index is 398. The number of hydrogen-bond acceptors (Lipinski definition) is 3. The Kier molecular flexibility index (Phi) is 6.03. The normalized spacial score (nSPS) is 16.2. The summed E-state index contributed by atoms with van der Waals surface area (Å²) >= 11 is 0. The Balaban J connectivity index is 3.19. The third-order valence-electron chi connectivity index (χ3n) is 4.60. The van der Waals surface area contributed by atoms with Crippen molar-refractivity contribution in [1.82, 2.24) is 4.90 Å². The Hall–Kier alpha value is -1.06. The third kappa shape index (κ3) is 3.15. The minimum atomic E-state index is -0.363. The first-order chi connectivity index (χ1) is 9.41. The number of methoxy groups -OCH3 is 1. The van der Waals surface area contributed by atoms with Crippen molar-refractivity contribution in [3.63, 3.8) is 0 Å². The third-order valence-corrected chi connectivity index (χ3v) is 4.60. The highest BCUT2D eigenvalue weighted by Crippen LogP contribution is 2.34. The zero-order valence-electron chi connectivity index (χ0n) is 13.8. The second-order valence-electron chi connectivity index (χ2n) is 5.71. The molecule has 0 amide bonds. The SMILES string of the molecule is CCN(CC)C(C)C(N)(c1ccc(OC)cc1)C(C)C. The second kappa shape index (κ2) is 7.09. The van der Waals surface area contributed by atoms with Crippen LogP contribution in [0.1, 0.15) is 40.2 Å². The monoisotopic (exact) mass is 278 g/mol. The molecule has 2 N–H and O–H groups in total. The lowest BCUT2D eigenvalue weighted by molar-refractivity contribution is 0.109. The predicted molar refractivity (Wildman–Crippen MR) is 86.1 cm³/mol. The molecule has 0 aromatic heterocycles. The van der Waals surface area contributed by atoms with E-state index < -0.39 is 0 Å². The molecular weight excluding hydrogens is 248 g/mol. The quantitative estimate of drug-likeness (QED) is 0.832. The van der Waals surface area contributed by atoms with Crippen LogP contribution in [0.3, 0.4) is 0 Å². The lowest BCUT2D eigenvalue weighted by Gasteiger charge is -2.45. The Labute approximate surface area is 124 Å². The summed E-state index contributed by atoms with van der Waals surface area (Å²) in [6.45, 7) is 13.0. The number of benzene rings is 1. The van der Waals surface area contributed by atoms with Gasteiger partial charge in [0.2, 0.25) is 0 Å². The van der Waals surface area contributed by atoms with Crippen molar-refractivity contribution < 1.29 is 4.74 Å². The van der Waals surface area contributed by atoms with E-state index in [2.05, 4.69) is 51.7 Å². The molecule has 1 aromatic rings. The fraction of sp³-hybridized carbons (Fsp3) is 0.647. The second-order valence-corrected chi connectivity index (χ2v) is 5.71. The van der Waals surface area contributed by atoms with Crippen LogP contribution in [-0.2, 0) is 5.54 Å². The van der Waals surface area contributed by atoms with Crippen LogP contribution < -0.4 is 10.5 Å². The number of likely N-dealkylation sites (N-methyl/N-ethyl adjacent to an activating group) is 1. The summed E-state index contributed by atoms with van der Waals surface area (Å²) in [5.74, 6) is 1.22. The predicted octanol–water partition coefficient (Wildman–Crippen LogP) is 3.24. The summed E-state index contributed by atoms with van der Waals surface area (Å²) in [5.41, 5.74) is 7.68. The first-order valence-corrected chi connectivity index (χ1v) is 7.59. The van der Waals surface area contributed by atoms with Crippen LogP contribution in [0.25, 0.3) is 0 Å². The van der Waals surface area contributed by atoms with Crippen LogP contribution >= 0.6 is 0 Å². The van der Waals surface area contributed by atoms with Crippen molar-refractivity contribution in [2.75, 3.05) is 20.2 Å². The molecule has 2 unspecified atom stereocenters. The van der Waals surface area contributed by atoms with Gasteiger partial charge in [-0.25, -0.2) is 0 Å². The maximum absolute atomic E-state index is 6.87. The molecule has 0 radical (unpaired) electrons. The molecule has 0 aliphatic rings. The van der Waals surface area contributed by atoms with E-state index in [4.69, 9.17) is 10.5 Å². The first kappa shape index (κ1) is 17.0. The molecule has 3 nitrogen and oxygen atoms in total. The molecule has 20 heavy (non-hydrogen) atoms. The van der Waals surface area contributed by atoms with Crippen LogP contribution in [-0.4, -0.2) is 31.1 Å². The van der Waals surface area contributed by atoms with Crippen LogP contribution in [0.2, 0.25) is 0 Å². The Morgan fingerprint density at radius 1 is 1.10 bits per heavy atom. The smallest absolute Gasteiger partial charge is 0.118 e. The van der Waals surface area contributed by atoms with Gasteiger partial charge in [0.1, 0.15) is 5.75 Å². The standard InChI is InChI=1S/C17H30N2O/c1-7-19(8-2)14(5)17(18,13(3)4)15-9-11-16(20-6)12-10-15/h9-14H,7-8,18H2,1-6H3. The lowest BCUT2D eigenvalue weighted by Crippen LogP contribution is -2.57. The highest BCUT2D eigenvalue weighted by molar-refractivity contribution is 5.33. The van der Waals surface area contributed by atoms with E-state index in [0.29, 0.717) is 5.92 Å². The van der Waals surface area contributed by atoms with Crippen LogP contribution in [0.15, 0.2) is 24.3 Å². The number of nitrogens with two attached hydrogens (primary N) is 1. The molecule has 0 spiro atoms. The van der Waals surface area contributed by atoms with Crippen molar-refractivity contribution in [2.24, 2.45) is 11.7 Å². The molecule has 0 bridgehead atoms. The molecule has 0 aliphatic heterocycles. The topological polar surface area (TPSA) is 38.5 Å². The Morgan fingerprint density at radius 2 is 1.60 bits per heavy atom. The maximum atomic E-state index is 6.87. The lowest BCUT2D eigenvalue weighted by atomic mass is 9.75. The summed E-state index contributed by atoms with van der Waals surface area (Å²) in [4.78, 5) is 2.42. The van der Waals surface area contributed by atoms with Gasteiger partial charge >= 0.3 is 0 Å². The van der Waals surface area contributed by atoms with Crippen LogP contribution in [0.5, 0.6) is 5.75 Å². The molecule has 0 saturated heterocycles. The minimum absolute atomic E-state index is 0.283. The average molecular weight is 278 g/mol. The summed E-state index contributed by atoms with van der Waals surface area (Å²) in [6.07, 6.45) is 0. The molecule has 2 atom stereocenters. The first-order valence-electron chi connectivity index (χ1n) is 7.59. The van der Waals surface area contributed by atoms with E-state index in [1.54, 1.807) is 7.11 Å². The fourth-order valence-electron chi connectivity index (χ4n) is 3.01. The van der Waals surface area contributed by atoms with Crippen molar-refractivity contribution in [1.29, 1.82) is 0 Å². The number of ether oxygens (including phenoxy) is 1. The van der Waals surface area contributed by atoms with E-state index in [1.165, 1.54) is 5.56 Å². The summed E-state index contributed by atoms with van der Waals surface area (Å²) in [5, 5.41) is 0. The molecule has 0 aliphatic carbocycles. The highest BCUT2D eigenvalue weighted by atomic mass is 16.5. The van der Waals surface area contributed by atoms with E-state index in [0.717, 1.165) is 18.8 Å². The van der Waals surface area contributed by atoms with Crippen LogP contribution in [0.4, 0.5) is 0 Å². The number of hydrogen-bond donors (Lipinski definition) is 1. The van der Waals surface area contributed by atoms with Gasteiger partial charge < -0.3 is 10.5 Å². The minimum Gasteiger partial charge on any atom is -0.497 e. The van der Waals surface area contributed by atoms with Crippen molar-refractivity contribution in [2.45, 2.75) is 46.2 Å². The van der Waals surface area contributed by atoms with Gasteiger partial charge in [-0.2, -0.15) is 0 Å². The summed E-state index contributed by atoms with van der Waals surface area (Å²) in [7, 11) is 1.69.